The van der Waals surface area contributed by atoms with Gasteiger partial charge in [0.05, 0.1) is 6.54 Å². The first-order valence-corrected chi connectivity index (χ1v) is 4.70. The predicted molar refractivity (Wildman–Crippen MR) is 60.9 cm³/mol. The van der Waals surface area contributed by atoms with Crippen molar-refractivity contribution in [3.63, 3.8) is 0 Å². The molecular weight excluding hydrogens is 220 g/mol. The van der Waals surface area contributed by atoms with Crippen molar-refractivity contribution in [2.75, 3.05) is 13.6 Å². The molecule has 1 nitrogen and oxygen atoms in total. The fraction of sp³-hybridized carbons (Fsp3) is 0.455. The van der Waals surface area contributed by atoms with Crippen molar-refractivity contribution in [1.29, 1.82) is 0 Å². The average molecular weight is 236 g/mol. The van der Waals surface area contributed by atoms with Crippen LogP contribution < -0.4 is 5.32 Å². The van der Waals surface area contributed by atoms with Crippen molar-refractivity contribution in [3.8, 4) is 0 Å². The molecule has 1 rings (SSSR count). The second-order valence-corrected chi connectivity index (χ2v) is 3.37. The van der Waals surface area contributed by atoms with Gasteiger partial charge in [-0.1, -0.05) is 30.3 Å². The highest BCUT2D eigenvalue weighted by molar-refractivity contribution is 5.85. The van der Waals surface area contributed by atoms with Crippen LogP contribution in [0, 0.1) is 0 Å². The number of rotatable bonds is 5. The van der Waals surface area contributed by atoms with Crippen molar-refractivity contribution in [2.24, 2.45) is 0 Å². The van der Waals surface area contributed by atoms with Crippen LogP contribution in [0.1, 0.15) is 12.0 Å². The van der Waals surface area contributed by atoms with Gasteiger partial charge in [0.25, 0.3) is 5.92 Å². The van der Waals surface area contributed by atoms with Gasteiger partial charge in [0.1, 0.15) is 0 Å². The van der Waals surface area contributed by atoms with E-state index in [4.69, 9.17) is 0 Å². The summed E-state index contributed by atoms with van der Waals surface area (Å²) in [7, 11) is 1.54. The van der Waals surface area contributed by atoms with Gasteiger partial charge in [0.2, 0.25) is 0 Å². The highest BCUT2D eigenvalue weighted by Gasteiger charge is 2.26. The van der Waals surface area contributed by atoms with E-state index in [-0.39, 0.29) is 25.4 Å². The number of hydrogen-bond donors (Lipinski definition) is 1. The Labute approximate surface area is 95.3 Å². The van der Waals surface area contributed by atoms with Crippen molar-refractivity contribution in [3.05, 3.63) is 35.9 Å². The minimum atomic E-state index is -2.61. The summed E-state index contributed by atoms with van der Waals surface area (Å²) >= 11 is 0. The zero-order chi connectivity index (χ0) is 10.4. The predicted octanol–water partition coefficient (Wildman–Crippen LogP) is 2.90. The number of aryl methyl sites for hydroxylation is 1. The molecule has 0 aliphatic heterocycles. The van der Waals surface area contributed by atoms with Gasteiger partial charge in [-0.3, -0.25) is 0 Å². The van der Waals surface area contributed by atoms with E-state index in [1.807, 2.05) is 30.3 Å². The van der Waals surface area contributed by atoms with Crippen LogP contribution >= 0.6 is 12.4 Å². The zero-order valence-corrected chi connectivity index (χ0v) is 9.49. The third-order valence-corrected chi connectivity index (χ3v) is 2.06. The first kappa shape index (κ1) is 14.3. The average Bonchev–Trinajstić information content (AvgIpc) is 2.17. The van der Waals surface area contributed by atoms with Crippen LogP contribution in [0.25, 0.3) is 0 Å². The summed E-state index contributed by atoms with van der Waals surface area (Å²) in [4.78, 5) is 0. The molecule has 0 aliphatic rings. The molecule has 1 aromatic carbocycles. The zero-order valence-electron chi connectivity index (χ0n) is 8.67. The van der Waals surface area contributed by atoms with E-state index in [0.717, 1.165) is 5.56 Å². The lowest BCUT2D eigenvalue weighted by atomic mass is 10.1. The van der Waals surface area contributed by atoms with Gasteiger partial charge in [-0.25, -0.2) is 8.78 Å². The number of nitrogens with one attached hydrogen (secondary N) is 1. The molecule has 0 amide bonds. The van der Waals surface area contributed by atoms with Crippen LogP contribution in [-0.2, 0) is 6.42 Å². The first-order chi connectivity index (χ1) is 6.64. The lowest BCUT2D eigenvalue weighted by molar-refractivity contribution is -0.00430. The van der Waals surface area contributed by atoms with Gasteiger partial charge >= 0.3 is 0 Å². The summed E-state index contributed by atoms with van der Waals surface area (Å²) in [5.74, 6) is -2.61. The Kier molecular flexibility index (Phi) is 6.45. The van der Waals surface area contributed by atoms with Gasteiger partial charge in [0, 0.05) is 6.42 Å². The Morgan fingerprint density at radius 3 is 2.33 bits per heavy atom. The molecule has 86 valence electrons. The molecule has 15 heavy (non-hydrogen) atoms. The van der Waals surface area contributed by atoms with Crippen molar-refractivity contribution >= 4 is 12.4 Å². The van der Waals surface area contributed by atoms with Crippen molar-refractivity contribution in [1.82, 2.24) is 5.32 Å². The van der Waals surface area contributed by atoms with Crippen LogP contribution in [0.3, 0.4) is 0 Å². The van der Waals surface area contributed by atoms with Crippen LogP contribution in [0.15, 0.2) is 30.3 Å². The van der Waals surface area contributed by atoms with E-state index in [9.17, 15) is 8.78 Å². The summed E-state index contributed by atoms with van der Waals surface area (Å²) in [5.41, 5.74) is 0.961. The molecule has 0 saturated heterocycles. The molecule has 0 atom stereocenters. The molecule has 0 fully saturated rings. The Balaban J connectivity index is 0.00000196. The van der Waals surface area contributed by atoms with Crippen LogP contribution in [0.5, 0.6) is 0 Å². The van der Waals surface area contributed by atoms with Gasteiger partial charge in [-0.05, 0) is 19.0 Å². The molecule has 0 unspecified atom stereocenters. The summed E-state index contributed by atoms with van der Waals surface area (Å²) in [6.45, 7) is -0.250. The summed E-state index contributed by atoms with van der Waals surface area (Å²) in [5, 5.41) is 2.49. The molecule has 1 N–H and O–H groups in total. The first-order valence-electron chi connectivity index (χ1n) is 4.70. The molecule has 0 aromatic heterocycles. The van der Waals surface area contributed by atoms with Crippen LogP contribution in [0.4, 0.5) is 8.78 Å². The van der Waals surface area contributed by atoms with Gasteiger partial charge in [-0.15, -0.1) is 12.4 Å². The van der Waals surface area contributed by atoms with E-state index in [1.165, 1.54) is 7.05 Å². The van der Waals surface area contributed by atoms with E-state index in [1.54, 1.807) is 0 Å². The van der Waals surface area contributed by atoms with Crippen molar-refractivity contribution < 1.29 is 8.78 Å². The molecule has 0 spiro atoms. The Bertz CT molecular complexity index is 265. The Morgan fingerprint density at radius 2 is 1.80 bits per heavy atom. The maximum Gasteiger partial charge on any atom is 0.260 e. The number of benzene rings is 1. The minimum Gasteiger partial charge on any atom is -0.314 e. The summed E-state index contributed by atoms with van der Waals surface area (Å²) in [6, 6.07) is 9.36. The number of alkyl halides is 2. The van der Waals surface area contributed by atoms with E-state index >= 15 is 0 Å². The third kappa shape index (κ3) is 5.70. The van der Waals surface area contributed by atoms with Crippen LogP contribution in [-0.4, -0.2) is 19.5 Å². The monoisotopic (exact) mass is 235 g/mol. The third-order valence-electron chi connectivity index (χ3n) is 2.06. The Hall–Kier alpha value is -0.670. The lowest BCUT2D eigenvalue weighted by Crippen LogP contribution is -2.30. The van der Waals surface area contributed by atoms with Crippen molar-refractivity contribution in [2.45, 2.75) is 18.8 Å². The van der Waals surface area contributed by atoms with E-state index < -0.39 is 5.92 Å². The molecule has 0 aliphatic carbocycles. The number of halogens is 3. The fourth-order valence-electron chi connectivity index (χ4n) is 1.32. The molecule has 1 aromatic rings. The molecule has 0 saturated carbocycles. The molecule has 0 bridgehead atoms. The quantitative estimate of drug-likeness (QED) is 0.828. The highest BCUT2D eigenvalue weighted by atomic mass is 35.5. The van der Waals surface area contributed by atoms with Crippen LogP contribution in [0.2, 0.25) is 0 Å². The fourth-order valence-corrected chi connectivity index (χ4v) is 1.32. The minimum absolute atomic E-state index is 0. The smallest absolute Gasteiger partial charge is 0.260 e. The lowest BCUT2D eigenvalue weighted by Gasteiger charge is -2.15. The molecule has 0 radical (unpaired) electrons. The maximum absolute atomic E-state index is 13.0. The molecular formula is C11H16ClF2N. The van der Waals surface area contributed by atoms with E-state index in [2.05, 4.69) is 5.32 Å². The Morgan fingerprint density at radius 1 is 1.20 bits per heavy atom. The largest absolute Gasteiger partial charge is 0.314 e. The second kappa shape index (κ2) is 6.75. The highest BCUT2D eigenvalue weighted by Crippen LogP contribution is 2.19. The SMILES string of the molecule is CNCC(F)(F)CCc1ccccc1.Cl. The summed E-state index contributed by atoms with van der Waals surface area (Å²) < 4.78 is 26.1. The standard InChI is InChI=1S/C11H15F2N.ClH/c1-14-9-11(12,13)8-7-10-5-3-2-4-6-10;/h2-6,14H,7-9H2,1H3;1H. The summed E-state index contributed by atoms with van der Waals surface area (Å²) in [6.07, 6.45) is 0.327. The molecule has 0 heterocycles. The maximum atomic E-state index is 13.0. The van der Waals surface area contributed by atoms with Gasteiger partial charge in [0.15, 0.2) is 0 Å². The second-order valence-electron chi connectivity index (χ2n) is 3.37. The van der Waals surface area contributed by atoms with E-state index in [0.29, 0.717) is 6.42 Å². The topological polar surface area (TPSA) is 12.0 Å². The normalized spacial score (nSPS) is 10.9. The van der Waals surface area contributed by atoms with Gasteiger partial charge < -0.3 is 5.32 Å². The van der Waals surface area contributed by atoms with Gasteiger partial charge in [-0.2, -0.15) is 0 Å². The number of hydrogen-bond acceptors (Lipinski definition) is 1. The molecule has 4 heteroatoms.